The van der Waals surface area contributed by atoms with Crippen LogP contribution in [0.1, 0.15) is 19.3 Å². The van der Waals surface area contributed by atoms with E-state index in [2.05, 4.69) is 0 Å². The van der Waals surface area contributed by atoms with E-state index >= 15 is 0 Å². The molecule has 0 heterocycles. The van der Waals surface area contributed by atoms with Crippen LogP contribution in [-0.4, -0.2) is 11.5 Å². The van der Waals surface area contributed by atoms with Crippen LogP contribution < -0.4 is 0 Å². The molecule has 1 aliphatic carbocycles. The van der Waals surface area contributed by atoms with Gasteiger partial charge in [-0.05, 0) is 12.8 Å². The number of rotatable bonds is 0. The number of ketones is 1. The molecule has 38 valence electrons. The highest BCUT2D eigenvalue weighted by atomic mass is 16.1. The summed E-state index contributed by atoms with van der Waals surface area (Å²) in [5, 5.41) is 6.91. The van der Waals surface area contributed by atoms with Crippen LogP contribution in [0.4, 0.5) is 0 Å². The van der Waals surface area contributed by atoms with Gasteiger partial charge in [0.05, 0.1) is 5.71 Å². The molecule has 1 aliphatic rings. The molecule has 0 radical (unpaired) electrons. The molecule has 0 spiro atoms. The summed E-state index contributed by atoms with van der Waals surface area (Å²) in [6, 6.07) is 0. The van der Waals surface area contributed by atoms with E-state index in [1.165, 1.54) is 0 Å². The first-order valence-electron chi connectivity index (χ1n) is 2.41. The Bertz CT molecular complexity index is 103. The van der Waals surface area contributed by atoms with Crippen LogP contribution in [0.2, 0.25) is 0 Å². The third kappa shape index (κ3) is 0.683. The normalized spacial score (nSPS) is 21.1. The molecule has 0 aliphatic heterocycles. The Kier molecular flexibility index (Phi) is 0.929. The summed E-state index contributed by atoms with van der Waals surface area (Å²) in [5.74, 6) is 0.0417. The molecule has 1 fully saturated rings. The molecule has 0 aromatic rings. The highest BCUT2D eigenvalue weighted by molar-refractivity contribution is 6.40. The van der Waals surface area contributed by atoms with Crippen LogP contribution in [0.3, 0.4) is 0 Å². The lowest BCUT2D eigenvalue weighted by Gasteiger charge is -1.78. The molecule has 0 unspecified atom stereocenters. The molecule has 0 saturated heterocycles. The first-order valence-corrected chi connectivity index (χ1v) is 2.41. The average molecular weight is 97.1 g/mol. The number of Topliss-reactive ketones (excluding diaryl/α,β-unsaturated/α-hetero) is 1. The molecule has 0 bridgehead atoms. The lowest BCUT2D eigenvalue weighted by Crippen LogP contribution is -2.00. The molecule has 1 N–H and O–H groups in total. The molecular weight excluding hydrogens is 90.1 g/mol. The Morgan fingerprint density at radius 3 is 2.29 bits per heavy atom. The van der Waals surface area contributed by atoms with Crippen molar-refractivity contribution in [2.24, 2.45) is 0 Å². The Morgan fingerprint density at radius 1 is 1.43 bits per heavy atom. The molecule has 1 saturated carbocycles. The van der Waals surface area contributed by atoms with Crippen LogP contribution in [0, 0.1) is 5.41 Å². The Hall–Kier alpha value is -0.660. The quantitative estimate of drug-likeness (QED) is 0.476. The first-order chi connectivity index (χ1) is 3.30. The summed E-state index contributed by atoms with van der Waals surface area (Å²) >= 11 is 0. The summed E-state index contributed by atoms with van der Waals surface area (Å²) in [4.78, 5) is 10.3. The third-order valence-corrected chi connectivity index (χ3v) is 1.17. The van der Waals surface area contributed by atoms with Crippen molar-refractivity contribution < 1.29 is 4.79 Å². The number of carbonyl (C=O) groups is 1. The van der Waals surface area contributed by atoms with E-state index in [0.29, 0.717) is 18.6 Å². The van der Waals surface area contributed by atoms with Crippen molar-refractivity contribution in [1.29, 1.82) is 5.41 Å². The van der Waals surface area contributed by atoms with Gasteiger partial charge in [-0.25, -0.2) is 0 Å². The van der Waals surface area contributed by atoms with E-state index in [-0.39, 0.29) is 5.78 Å². The summed E-state index contributed by atoms with van der Waals surface area (Å²) < 4.78 is 0. The fourth-order valence-electron chi connectivity index (χ4n) is 0.716. The fourth-order valence-corrected chi connectivity index (χ4v) is 0.716. The molecule has 7 heavy (non-hydrogen) atoms. The van der Waals surface area contributed by atoms with Crippen molar-refractivity contribution in [3.63, 3.8) is 0 Å². The van der Waals surface area contributed by atoms with Crippen molar-refractivity contribution in [3.05, 3.63) is 0 Å². The van der Waals surface area contributed by atoms with Crippen LogP contribution in [-0.2, 0) is 4.79 Å². The van der Waals surface area contributed by atoms with Gasteiger partial charge < -0.3 is 5.41 Å². The monoisotopic (exact) mass is 97.1 g/mol. The van der Waals surface area contributed by atoms with Gasteiger partial charge in [0.15, 0.2) is 5.78 Å². The van der Waals surface area contributed by atoms with Crippen LogP contribution in [0.5, 0.6) is 0 Å². The topological polar surface area (TPSA) is 40.9 Å². The highest BCUT2D eigenvalue weighted by Gasteiger charge is 2.15. The van der Waals surface area contributed by atoms with Crippen molar-refractivity contribution in [2.45, 2.75) is 19.3 Å². The number of hydrogen-bond donors (Lipinski definition) is 1. The van der Waals surface area contributed by atoms with E-state index in [4.69, 9.17) is 5.41 Å². The number of carbonyl (C=O) groups excluding carboxylic acids is 1. The molecular formula is C5H7NO. The SMILES string of the molecule is N=C1CCCC1=O. The summed E-state index contributed by atoms with van der Waals surface area (Å²) in [6.45, 7) is 0. The second kappa shape index (κ2) is 1.45. The second-order valence-electron chi connectivity index (χ2n) is 1.76. The minimum absolute atomic E-state index is 0.0417. The van der Waals surface area contributed by atoms with Gasteiger partial charge in [-0.1, -0.05) is 0 Å². The average Bonchev–Trinajstić information content (AvgIpc) is 1.91. The molecule has 0 atom stereocenters. The molecule has 1 rings (SSSR count). The summed E-state index contributed by atoms with van der Waals surface area (Å²) in [7, 11) is 0. The van der Waals surface area contributed by atoms with Gasteiger partial charge in [0.1, 0.15) is 0 Å². The maximum Gasteiger partial charge on any atom is 0.176 e. The van der Waals surface area contributed by atoms with Crippen molar-refractivity contribution in [3.8, 4) is 0 Å². The van der Waals surface area contributed by atoms with Crippen molar-refractivity contribution in [1.82, 2.24) is 0 Å². The Morgan fingerprint density at radius 2 is 2.14 bits per heavy atom. The maximum atomic E-state index is 10.3. The fraction of sp³-hybridized carbons (Fsp3) is 0.600. The van der Waals surface area contributed by atoms with Gasteiger partial charge in [-0.15, -0.1) is 0 Å². The lowest BCUT2D eigenvalue weighted by atomic mass is 10.3. The minimum Gasteiger partial charge on any atom is -0.302 e. The zero-order valence-electron chi connectivity index (χ0n) is 4.03. The lowest BCUT2D eigenvalue weighted by molar-refractivity contribution is -0.112. The van der Waals surface area contributed by atoms with E-state index in [1.54, 1.807) is 0 Å². The van der Waals surface area contributed by atoms with Crippen LogP contribution in [0.25, 0.3) is 0 Å². The largest absolute Gasteiger partial charge is 0.302 e. The minimum atomic E-state index is 0.0417. The summed E-state index contributed by atoms with van der Waals surface area (Å²) in [5.41, 5.74) is 0.319. The number of hydrogen-bond acceptors (Lipinski definition) is 2. The van der Waals surface area contributed by atoms with Gasteiger partial charge in [0.2, 0.25) is 0 Å². The molecule has 0 amide bonds. The molecule has 0 aromatic heterocycles. The first kappa shape index (κ1) is 4.50. The predicted octanol–water partition coefficient (Wildman–Crippen LogP) is 0.759. The van der Waals surface area contributed by atoms with Crippen LogP contribution in [0.15, 0.2) is 0 Å². The van der Waals surface area contributed by atoms with Gasteiger partial charge >= 0.3 is 0 Å². The third-order valence-electron chi connectivity index (χ3n) is 1.17. The van der Waals surface area contributed by atoms with E-state index < -0.39 is 0 Å². The molecule has 2 nitrogen and oxygen atoms in total. The zero-order chi connectivity index (χ0) is 5.28. The van der Waals surface area contributed by atoms with Gasteiger partial charge in [-0.3, -0.25) is 4.79 Å². The highest BCUT2D eigenvalue weighted by Crippen LogP contribution is 2.08. The second-order valence-corrected chi connectivity index (χ2v) is 1.76. The van der Waals surface area contributed by atoms with Gasteiger partial charge in [-0.2, -0.15) is 0 Å². The Balaban J connectivity index is 2.65. The van der Waals surface area contributed by atoms with Crippen molar-refractivity contribution in [2.75, 3.05) is 0 Å². The number of nitrogens with one attached hydrogen (secondary N) is 1. The Labute approximate surface area is 42.0 Å². The maximum absolute atomic E-state index is 10.3. The molecule has 2 heteroatoms. The van der Waals surface area contributed by atoms with Crippen LogP contribution >= 0.6 is 0 Å². The van der Waals surface area contributed by atoms with E-state index in [1.807, 2.05) is 0 Å². The predicted molar refractivity (Wildman–Crippen MR) is 26.6 cm³/mol. The summed E-state index contributed by atoms with van der Waals surface area (Å²) in [6.07, 6.45) is 2.22. The van der Waals surface area contributed by atoms with Crippen molar-refractivity contribution >= 4 is 11.5 Å². The smallest absolute Gasteiger partial charge is 0.176 e. The van der Waals surface area contributed by atoms with E-state index in [0.717, 1.165) is 6.42 Å². The standard InChI is InChI=1S/C5H7NO/c6-4-2-1-3-5(4)7/h6H,1-3H2. The molecule has 0 aromatic carbocycles. The van der Waals surface area contributed by atoms with E-state index in [9.17, 15) is 4.79 Å². The zero-order valence-corrected chi connectivity index (χ0v) is 4.03. The van der Waals surface area contributed by atoms with Gasteiger partial charge in [0, 0.05) is 6.42 Å². The van der Waals surface area contributed by atoms with Gasteiger partial charge in [0.25, 0.3) is 0 Å².